The van der Waals surface area contributed by atoms with Crippen molar-refractivity contribution in [2.24, 2.45) is 0 Å². The van der Waals surface area contributed by atoms with Crippen LogP contribution >= 0.6 is 0 Å². The maximum atomic E-state index is 5.93. The highest BCUT2D eigenvalue weighted by Gasteiger charge is 2.24. The number of aryl methyl sites for hydroxylation is 1. The first-order valence-electron chi connectivity index (χ1n) is 9.05. The summed E-state index contributed by atoms with van der Waals surface area (Å²) in [5.41, 5.74) is 3.17. The fraction of sp³-hybridized carbons (Fsp3) is 0.400. The van der Waals surface area contributed by atoms with Gasteiger partial charge in [0.15, 0.2) is 0 Å². The Balaban J connectivity index is 1.49. The SMILES string of the molecule is COc1cccc(-c2nc(CN3CCCC(c4ccn[nH]4)C3)c(C)o2)c1. The van der Waals surface area contributed by atoms with Gasteiger partial charge in [-0.2, -0.15) is 5.10 Å². The van der Waals surface area contributed by atoms with Crippen LogP contribution in [0.5, 0.6) is 5.75 Å². The number of H-pyrrole nitrogens is 1. The minimum absolute atomic E-state index is 0.510. The molecule has 0 spiro atoms. The Bertz CT molecular complexity index is 857. The van der Waals surface area contributed by atoms with Crippen molar-refractivity contribution in [3.63, 3.8) is 0 Å². The number of ether oxygens (including phenoxy) is 1. The molecule has 1 fully saturated rings. The van der Waals surface area contributed by atoms with E-state index in [0.29, 0.717) is 11.8 Å². The van der Waals surface area contributed by atoms with Crippen molar-refractivity contribution in [3.05, 3.63) is 53.7 Å². The summed E-state index contributed by atoms with van der Waals surface area (Å²) in [7, 11) is 1.66. The number of aromatic nitrogens is 3. The van der Waals surface area contributed by atoms with E-state index >= 15 is 0 Å². The highest BCUT2D eigenvalue weighted by atomic mass is 16.5. The smallest absolute Gasteiger partial charge is 0.226 e. The molecule has 1 aliphatic heterocycles. The first kappa shape index (κ1) is 16.8. The number of nitrogens with one attached hydrogen (secondary N) is 1. The van der Waals surface area contributed by atoms with E-state index in [9.17, 15) is 0 Å². The lowest BCUT2D eigenvalue weighted by Crippen LogP contribution is -2.34. The molecular formula is C20H24N4O2. The van der Waals surface area contributed by atoms with Crippen LogP contribution in [-0.2, 0) is 6.54 Å². The molecule has 4 rings (SSSR count). The van der Waals surface area contributed by atoms with Crippen LogP contribution in [0.1, 0.15) is 35.9 Å². The van der Waals surface area contributed by atoms with Crippen molar-refractivity contribution < 1.29 is 9.15 Å². The molecule has 1 aromatic carbocycles. The van der Waals surface area contributed by atoms with Crippen LogP contribution in [0.2, 0.25) is 0 Å². The molecule has 1 aliphatic rings. The van der Waals surface area contributed by atoms with Gasteiger partial charge in [0.25, 0.3) is 0 Å². The standard InChI is InChI=1S/C20H24N4O2/c1-14-19(22-20(26-14)15-5-3-7-17(11-15)25-2)13-24-10-4-6-16(12-24)18-8-9-21-23-18/h3,5,7-9,11,16H,4,6,10,12-13H2,1-2H3,(H,21,23). The van der Waals surface area contributed by atoms with Gasteiger partial charge < -0.3 is 9.15 Å². The summed E-state index contributed by atoms with van der Waals surface area (Å²) in [5.74, 6) is 2.85. The first-order chi connectivity index (χ1) is 12.7. The molecule has 0 radical (unpaired) electrons. The summed E-state index contributed by atoms with van der Waals surface area (Å²) in [5, 5.41) is 7.21. The number of rotatable bonds is 5. The van der Waals surface area contributed by atoms with Gasteiger partial charge in [0.1, 0.15) is 11.5 Å². The maximum absolute atomic E-state index is 5.93. The van der Waals surface area contributed by atoms with Gasteiger partial charge in [-0.05, 0) is 50.6 Å². The normalized spacial score (nSPS) is 18.2. The quantitative estimate of drug-likeness (QED) is 0.757. The zero-order chi connectivity index (χ0) is 17.9. The molecule has 6 nitrogen and oxygen atoms in total. The molecule has 1 N–H and O–H groups in total. The predicted octanol–water partition coefficient (Wildman–Crippen LogP) is 3.76. The van der Waals surface area contributed by atoms with Gasteiger partial charge in [-0.3, -0.25) is 10.00 Å². The lowest BCUT2D eigenvalue weighted by molar-refractivity contribution is 0.196. The Kier molecular flexibility index (Phi) is 4.75. The van der Waals surface area contributed by atoms with Crippen molar-refractivity contribution in [1.82, 2.24) is 20.1 Å². The summed E-state index contributed by atoms with van der Waals surface area (Å²) in [6.07, 6.45) is 4.21. The summed E-state index contributed by atoms with van der Waals surface area (Å²) < 4.78 is 11.2. The zero-order valence-electron chi connectivity index (χ0n) is 15.2. The summed E-state index contributed by atoms with van der Waals surface area (Å²) in [4.78, 5) is 7.21. The summed E-state index contributed by atoms with van der Waals surface area (Å²) >= 11 is 0. The number of hydrogen-bond donors (Lipinski definition) is 1. The molecular weight excluding hydrogens is 328 g/mol. The van der Waals surface area contributed by atoms with Gasteiger partial charge in [0.2, 0.25) is 5.89 Å². The molecule has 26 heavy (non-hydrogen) atoms. The molecule has 0 aliphatic carbocycles. The number of piperidine rings is 1. The van der Waals surface area contributed by atoms with Crippen LogP contribution in [0.4, 0.5) is 0 Å². The first-order valence-corrected chi connectivity index (χ1v) is 9.05. The van der Waals surface area contributed by atoms with Gasteiger partial charge in [0, 0.05) is 36.5 Å². The van der Waals surface area contributed by atoms with Gasteiger partial charge in [-0.15, -0.1) is 0 Å². The van der Waals surface area contributed by atoms with Crippen LogP contribution in [0, 0.1) is 6.92 Å². The van der Waals surface area contributed by atoms with E-state index in [4.69, 9.17) is 14.1 Å². The molecule has 6 heteroatoms. The minimum atomic E-state index is 0.510. The fourth-order valence-corrected chi connectivity index (χ4v) is 3.61. The number of benzene rings is 1. The third-order valence-corrected chi connectivity index (χ3v) is 5.05. The lowest BCUT2D eigenvalue weighted by atomic mass is 9.95. The van der Waals surface area contributed by atoms with Crippen molar-refractivity contribution in [2.75, 3.05) is 20.2 Å². The third kappa shape index (κ3) is 3.51. The Morgan fingerprint density at radius 3 is 3.08 bits per heavy atom. The van der Waals surface area contributed by atoms with Gasteiger partial charge in [-0.25, -0.2) is 4.98 Å². The van der Waals surface area contributed by atoms with Crippen molar-refractivity contribution in [3.8, 4) is 17.2 Å². The van der Waals surface area contributed by atoms with Crippen LogP contribution in [-0.4, -0.2) is 40.3 Å². The van der Waals surface area contributed by atoms with E-state index in [-0.39, 0.29) is 0 Å². The monoisotopic (exact) mass is 352 g/mol. The highest BCUT2D eigenvalue weighted by molar-refractivity contribution is 5.56. The Morgan fingerprint density at radius 2 is 2.27 bits per heavy atom. The zero-order valence-corrected chi connectivity index (χ0v) is 15.2. The summed E-state index contributed by atoms with van der Waals surface area (Å²) in [6, 6.07) is 9.89. The Labute approximate surface area is 153 Å². The van der Waals surface area contributed by atoms with Crippen molar-refractivity contribution >= 4 is 0 Å². The summed E-state index contributed by atoms with van der Waals surface area (Å²) in [6.45, 7) is 4.90. The predicted molar refractivity (Wildman–Crippen MR) is 99.1 cm³/mol. The maximum Gasteiger partial charge on any atom is 0.226 e. The number of hydrogen-bond acceptors (Lipinski definition) is 5. The molecule has 0 bridgehead atoms. The molecule has 3 heterocycles. The van der Waals surface area contributed by atoms with Gasteiger partial charge in [0.05, 0.1) is 12.8 Å². The molecule has 2 aromatic heterocycles. The van der Waals surface area contributed by atoms with Gasteiger partial charge >= 0.3 is 0 Å². The molecule has 3 aromatic rings. The number of likely N-dealkylation sites (tertiary alicyclic amines) is 1. The van der Waals surface area contributed by atoms with E-state index in [1.165, 1.54) is 18.5 Å². The van der Waals surface area contributed by atoms with E-state index in [2.05, 4.69) is 21.2 Å². The second-order valence-corrected chi connectivity index (χ2v) is 6.84. The molecule has 0 amide bonds. The molecule has 1 atom stereocenters. The van der Waals surface area contributed by atoms with E-state index in [0.717, 1.165) is 42.4 Å². The second kappa shape index (κ2) is 7.33. The molecule has 1 saturated heterocycles. The lowest BCUT2D eigenvalue weighted by Gasteiger charge is -2.31. The average molecular weight is 352 g/mol. The average Bonchev–Trinajstić information content (AvgIpc) is 3.33. The van der Waals surface area contributed by atoms with Crippen molar-refractivity contribution in [2.45, 2.75) is 32.2 Å². The van der Waals surface area contributed by atoms with E-state index in [1.54, 1.807) is 7.11 Å². The second-order valence-electron chi connectivity index (χ2n) is 6.84. The van der Waals surface area contributed by atoms with Gasteiger partial charge in [-0.1, -0.05) is 6.07 Å². The van der Waals surface area contributed by atoms with Crippen LogP contribution in [0.3, 0.4) is 0 Å². The van der Waals surface area contributed by atoms with E-state index < -0.39 is 0 Å². The Morgan fingerprint density at radius 1 is 1.35 bits per heavy atom. The van der Waals surface area contributed by atoms with Crippen molar-refractivity contribution in [1.29, 1.82) is 0 Å². The molecule has 1 unspecified atom stereocenters. The topological polar surface area (TPSA) is 67.2 Å². The molecule has 0 saturated carbocycles. The largest absolute Gasteiger partial charge is 0.497 e. The number of oxazole rings is 1. The molecule has 136 valence electrons. The Hall–Kier alpha value is -2.60. The highest BCUT2D eigenvalue weighted by Crippen LogP contribution is 2.29. The van der Waals surface area contributed by atoms with Crippen LogP contribution in [0.25, 0.3) is 11.5 Å². The third-order valence-electron chi connectivity index (χ3n) is 5.05. The minimum Gasteiger partial charge on any atom is -0.497 e. The number of aromatic amines is 1. The number of nitrogens with zero attached hydrogens (tertiary/aromatic N) is 3. The van der Waals surface area contributed by atoms with Crippen LogP contribution in [0.15, 0.2) is 40.9 Å². The van der Waals surface area contributed by atoms with Crippen LogP contribution < -0.4 is 4.74 Å². The fourth-order valence-electron chi connectivity index (χ4n) is 3.61. The number of methoxy groups -OCH3 is 1. The van der Waals surface area contributed by atoms with E-state index in [1.807, 2.05) is 37.4 Å².